The molecule has 0 saturated heterocycles. The summed E-state index contributed by atoms with van der Waals surface area (Å²) >= 11 is 0. The van der Waals surface area contributed by atoms with Crippen molar-refractivity contribution in [3.8, 4) is 0 Å². The Bertz CT molecular complexity index is 391. The molecule has 0 heterocycles. The Hall–Kier alpha value is -1.39. The summed E-state index contributed by atoms with van der Waals surface area (Å²) < 4.78 is 0. The van der Waals surface area contributed by atoms with Gasteiger partial charge in [-0.15, -0.1) is 0 Å². The zero-order chi connectivity index (χ0) is 15.5. The number of benzene rings is 1. The number of carbonyl (C=O) groups excluding carboxylic acids is 1. The zero-order valence-corrected chi connectivity index (χ0v) is 13.2. The van der Waals surface area contributed by atoms with Crippen molar-refractivity contribution in [1.29, 1.82) is 0 Å². The molecule has 21 heavy (non-hydrogen) atoms. The van der Waals surface area contributed by atoms with E-state index in [0.717, 1.165) is 19.5 Å². The van der Waals surface area contributed by atoms with Crippen molar-refractivity contribution in [2.75, 3.05) is 26.2 Å². The molecule has 0 aliphatic rings. The molecule has 2 N–H and O–H groups in total. The summed E-state index contributed by atoms with van der Waals surface area (Å²) in [5.41, 5.74) is 1.23. The smallest absolute Gasteiger partial charge is 0.220 e. The van der Waals surface area contributed by atoms with E-state index >= 15 is 0 Å². The van der Waals surface area contributed by atoms with Gasteiger partial charge in [0, 0.05) is 19.6 Å². The standard InChI is InChI=1S/C17H28N2O2/c1-3-19(4-2)16(15-10-6-5-7-11-15)14-18-17(21)12-8-9-13-20/h5-7,10-11,16,20H,3-4,8-9,12-14H2,1-2H3,(H,18,21). The average Bonchev–Trinajstić information content (AvgIpc) is 2.52. The van der Waals surface area contributed by atoms with Gasteiger partial charge in [0.1, 0.15) is 0 Å². The van der Waals surface area contributed by atoms with Gasteiger partial charge in [0.25, 0.3) is 0 Å². The molecular formula is C17H28N2O2. The molecule has 1 amide bonds. The molecule has 1 aromatic carbocycles. The van der Waals surface area contributed by atoms with E-state index in [4.69, 9.17) is 5.11 Å². The summed E-state index contributed by atoms with van der Waals surface area (Å²) in [4.78, 5) is 14.2. The molecule has 0 bridgehead atoms. The molecule has 1 atom stereocenters. The van der Waals surface area contributed by atoms with Crippen molar-refractivity contribution in [2.24, 2.45) is 0 Å². The van der Waals surface area contributed by atoms with Crippen LogP contribution in [0.2, 0.25) is 0 Å². The van der Waals surface area contributed by atoms with Crippen molar-refractivity contribution in [3.63, 3.8) is 0 Å². The maximum Gasteiger partial charge on any atom is 0.220 e. The van der Waals surface area contributed by atoms with E-state index in [1.165, 1.54) is 5.56 Å². The van der Waals surface area contributed by atoms with E-state index < -0.39 is 0 Å². The summed E-state index contributed by atoms with van der Waals surface area (Å²) in [5, 5.41) is 11.8. The van der Waals surface area contributed by atoms with E-state index in [1.807, 2.05) is 18.2 Å². The molecule has 4 nitrogen and oxygen atoms in total. The lowest BCUT2D eigenvalue weighted by Crippen LogP contribution is -2.38. The number of likely N-dealkylation sites (N-methyl/N-ethyl adjacent to an activating group) is 1. The van der Waals surface area contributed by atoms with Gasteiger partial charge in [0.05, 0.1) is 6.04 Å². The van der Waals surface area contributed by atoms with Gasteiger partial charge in [-0.1, -0.05) is 44.2 Å². The quantitative estimate of drug-likeness (QED) is 0.651. The van der Waals surface area contributed by atoms with Crippen LogP contribution >= 0.6 is 0 Å². The highest BCUT2D eigenvalue weighted by Gasteiger charge is 2.18. The van der Waals surface area contributed by atoms with Crippen LogP contribution in [0.15, 0.2) is 30.3 Å². The lowest BCUT2D eigenvalue weighted by molar-refractivity contribution is -0.121. The van der Waals surface area contributed by atoms with Gasteiger partial charge in [0.2, 0.25) is 5.91 Å². The fourth-order valence-corrected chi connectivity index (χ4v) is 2.49. The third-order valence-electron chi connectivity index (χ3n) is 3.74. The van der Waals surface area contributed by atoms with E-state index in [1.54, 1.807) is 0 Å². The number of amides is 1. The fourth-order valence-electron chi connectivity index (χ4n) is 2.49. The maximum absolute atomic E-state index is 11.8. The molecule has 0 radical (unpaired) electrons. The minimum atomic E-state index is 0.0662. The number of aliphatic hydroxyl groups is 1. The van der Waals surface area contributed by atoms with Crippen molar-refractivity contribution in [1.82, 2.24) is 10.2 Å². The van der Waals surface area contributed by atoms with Gasteiger partial charge in [-0.25, -0.2) is 0 Å². The van der Waals surface area contributed by atoms with Gasteiger partial charge >= 0.3 is 0 Å². The Morgan fingerprint density at radius 3 is 2.43 bits per heavy atom. The Morgan fingerprint density at radius 2 is 1.86 bits per heavy atom. The first-order valence-corrected chi connectivity index (χ1v) is 7.89. The first kappa shape index (κ1) is 17.7. The molecule has 4 heteroatoms. The monoisotopic (exact) mass is 292 g/mol. The fraction of sp³-hybridized carbons (Fsp3) is 0.588. The Morgan fingerprint density at radius 1 is 1.19 bits per heavy atom. The number of carbonyl (C=O) groups is 1. The second kappa shape index (κ2) is 10.4. The van der Waals surface area contributed by atoms with Crippen LogP contribution in [0.5, 0.6) is 0 Å². The summed E-state index contributed by atoms with van der Waals surface area (Å²) in [5.74, 6) is 0.0662. The highest BCUT2D eigenvalue weighted by Crippen LogP contribution is 2.19. The molecule has 1 rings (SSSR count). The van der Waals surface area contributed by atoms with Gasteiger partial charge in [-0.3, -0.25) is 9.69 Å². The lowest BCUT2D eigenvalue weighted by atomic mass is 10.0. The number of nitrogens with zero attached hydrogens (tertiary/aromatic N) is 1. The molecule has 118 valence electrons. The van der Waals surface area contributed by atoms with E-state index in [-0.39, 0.29) is 18.6 Å². The van der Waals surface area contributed by atoms with Gasteiger partial charge in [-0.05, 0) is 31.5 Å². The number of unbranched alkanes of at least 4 members (excludes halogenated alkanes) is 1. The van der Waals surface area contributed by atoms with Crippen molar-refractivity contribution < 1.29 is 9.90 Å². The van der Waals surface area contributed by atoms with E-state index in [2.05, 4.69) is 36.2 Å². The predicted octanol–water partition coefficient (Wildman–Crippen LogP) is 2.35. The van der Waals surface area contributed by atoms with Crippen molar-refractivity contribution in [2.45, 2.75) is 39.2 Å². The minimum Gasteiger partial charge on any atom is -0.396 e. The van der Waals surface area contributed by atoms with Crippen LogP contribution in [0.1, 0.15) is 44.7 Å². The highest BCUT2D eigenvalue weighted by atomic mass is 16.3. The van der Waals surface area contributed by atoms with Crippen LogP contribution in [0.3, 0.4) is 0 Å². The SMILES string of the molecule is CCN(CC)C(CNC(=O)CCCCO)c1ccccc1. The molecule has 0 aliphatic carbocycles. The molecule has 0 aromatic heterocycles. The predicted molar refractivity (Wildman–Crippen MR) is 86.1 cm³/mol. The van der Waals surface area contributed by atoms with Crippen LogP contribution < -0.4 is 5.32 Å². The van der Waals surface area contributed by atoms with Crippen LogP contribution in [0, 0.1) is 0 Å². The molecule has 0 spiro atoms. The molecule has 0 saturated carbocycles. The topological polar surface area (TPSA) is 52.6 Å². The minimum absolute atomic E-state index is 0.0662. The Kier molecular flexibility index (Phi) is 8.71. The largest absolute Gasteiger partial charge is 0.396 e. The van der Waals surface area contributed by atoms with Crippen molar-refractivity contribution in [3.05, 3.63) is 35.9 Å². The maximum atomic E-state index is 11.8. The molecular weight excluding hydrogens is 264 g/mol. The van der Waals surface area contributed by atoms with E-state index in [9.17, 15) is 4.79 Å². The first-order valence-electron chi connectivity index (χ1n) is 7.89. The number of hydrogen-bond donors (Lipinski definition) is 2. The number of aliphatic hydroxyl groups excluding tert-OH is 1. The number of nitrogens with one attached hydrogen (secondary N) is 1. The van der Waals surface area contributed by atoms with E-state index in [0.29, 0.717) is 19.4 Å². The summed E-state index contributed by atoms with van der Waals surface area (Å²) in [6, 6.07) is 10.5. The summed E-state index contributed by atoms with van der Waals surface area (Å²) in [7, 11) is 0. The van der Waals surface area contributed by atoms with Crippen LogP contribution in [0.4, 0.5) is 0 Å². The third kappa shape index (κ3) is 6.27. The first-order chi connectivity index (χ1) is 10.2. The Labute approximate surface area is 128 Å². The summed E-state index contributed by atoms with van der Waals surface area (Å²) in [6.45, 7) is 6.97. The van der Waals surface area contributed by atoms with Crippen LogP contribution in [-0.4, -0.2) is 42.2 Å². The highest BCUT2D eigenvalue weighted by molar-refractivity contribution is 5.75. The lowest BCUT2D eigenvalue weighted by Gasteiger charge is -2.30. The van der Waals surface area contributed by atoms with Crippen LogP contribution in [0.25, 0.3) is 0 Å². The molecule has 0 aliphatic heterocycles. The zero-order valence-electron chi connectivity index (χ0n) is 13.2. The second-order valence-corrected chi connectivity index (χ2v) is 5.13. The molecule has 1 unspecified atom stereocenters. The number of hydrogen-bond acceptors (Lipinski definition) is 3. The second-order valence-electron chi connectivity index (χ2n) is 5.13. The van der Waals surface area contributed by atoms with Gasteiger partial charge in [0.15, 0.2) is 0 Å². The Balaban J connectivity index is 2.60. The number of rotatable bonds is 10. The average molecular weight is 292 g/mol. The molecule has 1 aromatic rings. The summed E-state index contributed by atoms with van der Waals surface area (Å²) in [6.07, 6.45) is 1.91. The van der Waals surface area contributed by atoms with Crippen molar-refractivity contribution >= 4 is 5.91 Å². The normalized spacial score (nSPS) is 12.4. The van der Waals surface area contributed by atoms with Gasteiger partial charge < -0.3 is 10.4 Å². The third-order valence-corrected chi connectivity index (χ3v) is 3.74. The van der Waals surface area contributed by atoms with Gasteiger partial charge in [-0.2, -0.15) is 0 Å². The molecule has 0 fully saturated rings. The van der Waals surface area contributed by atoms with Crippen LogP contribution in [-0.2, 0) is 4.79 Å².